The molecule has 0 aromatic carbocycles. The summed E-state index contributed by atoms with van der Waals surface area (Å²) in [6.45, 7) is 6.96. The summed E-state index contributed by atoms with van der Waals surface area (Å²) in [4.78, 5) is 16.7. The number of aryl methyl sites for hydroxylation is 1. The fourth-order valence-corrected chi connectivity index (χ4v) is 7.59. The molecular formula is C23H31NO2. The molecule has 0 bridgehead atoms. The number of allylic oxidation sites excluding steroid dienone is 1. The molecule has 0 saturated heterocycles. The van der Waals surface area contributed by atoms with Gasteiger partial charge in [0.2, 0.25) is 0 Å². The third-order valence-corrected chi connectivity index (χ3v) is 8.96. The van der Waals surface area contributed by atoms with Crippen molar-refractivity contribution in [3.8, 4) is 0 Å². The molecule has 3 saturated carbocycles. The maximum Gasteiger partial charge on any atom is 0.191 e. The quantitative estimate of drug-likeness (QED) is 0.660. The highest BCUT2D eigenvalue weighted by molar-refractivity contribution is 5.91. The van der Waals surface area contributed by atoms with E-state index in [9.17, 15) is 4.79 Å². The van der Waals surface area contributed by atoms with Gasteiger partial charge in [-0.2, -0.15) is 0 Å². The molecule has 4 aliphatic carbocycles. The largest absolute Gasteiger partial charge is 0.449 e. The number of oxazole rings is 1. The third-order valence-electron chi connectivity index (χ3n) is 8.96. The minimum Gasteiger partial charge on any atom is -0.449 e. The van der Waals surface area contributed by atoms with E-state index < -0.39 is 0 Å². The van der Waals surface area contributed by atoms with Crippen molar-refractivity contribution < 1.29 is 9.21 Å². The summed E-state index contributed by atoms with van der Waals surface area (Å²) in [6.07, 6.45) is 13.4. The molecule has 6 atom stereocenters. The molecule has 0 spiro atoms. The molecule has 3 nitrogen and oxygen atoms in total. The molecule has 5 rings (SSSR count). The van der Waals surface area contributed by atoms with E-state index in [1.54, 1.807) is 0 Å². The number of ketones is 1. The molecule has 26 heavy (non-hydrogen) atoms. The fourth-order valence-electron chi connectivity index (χ4n) is 7.59. The molecular weight excluding hydrogens is 322 g/mol. The highest BCUT2D eigenvalue weighted by Crippen LogP contribution is 2.68. The molecule has 1 aromatic heterocycles. The smallest absolute Gasteiger partial charge is 0.191 e. The maximum absolute atomic E-state index is 12.0. The summed E-state index contributed by atoms with van der Waals surface area (Å²) in [6, 6.07) is 0. The normalized spacial score (nSPS) is 44.9. The topological polar surface area (TPSA) is 43.1 Å². The lowest BCUT2D eigenvalue weighted by molar-refractivity contribution is -0.117. The van der Waals surface area contributed by atoms with Crippen molar-refractivity contribution in [1.82, 2.24) is 4.98 Å². The van der Waals surface area contributed by atoms with E-state index in [0.717, 1.165) is 42.9 Å². The van der Waals surface area contributed by atoms with Gasteiger partial charge in [-0.15, -0.1) is 0 Å². The summed E-state index contributed by atoms with van der Waals surface area (Å²) in [5.74, 6) is 4.11. The van der Waals surface area contributed by atoms with Gasteiger partial charge in [-0.3, -0.25) is 4.79 Å². The Balaban J connectivity index is 1.47. The number of fused-ring (bicyclic) bond motifs is 5. The Labute approximate surface area is 156 Å². The van der Waals surface area contributed by atoms with Crippen molar-refractivity contribution in [3.05, 3.63) is 29.5 Å². The molecule has 0 radical (unpaired) electrons. The highest BCUT2D eigenvalue weighted by Gasteiger charge is 2.59. The van der Waals surface area contributed by atoms with Crippen molar-refractivity contribution in [3.63, 3.8) is 0 Å². The van der Waals surface area contributed by atoms with E-state index in [0.29, 0.717) is 17.1 Å². The molecule has 0 N–H and O–H groups in total. The van der Waals surface area contributed by atoms with E-state index in [1.807, 2.05) is 19.3 Å². The second-order valence-electron chi connectivity index (χ2n) is 9.93. The third kappa shape index (κ3) is 2.18. The van der Waals surface area contributed by atoms with Crippen LogP contribution in [0.15, 0.2) is 22.3 Å². The second-order valence-corrected chi connectivity index (χ2v) is 9.93. The average Bonchev–Trinajstić information content (AvgIpc) is 3.18. The standard InChI is InChI=1S/C23H31NO2/c1-14-24-21(13-26-14)20-7-6-18-17-5-4-15-12-16(25)8-10-22(15,2)19(17)9-11-23(18,20)3/h12-13,17-20H,4-11H2,1-3H3. The Morgan fingerprint density at radius 3 is 2.69 bits per heavy atom. The lowest BCUT2D eigenvalue weighted by Gasteiger charge is -2.58. The molecule has 1 aromatic rings. The molecule has 140 valence electrons. The zero-order chi connectivity index (χ0) is 18.1. The van der Waals surface area contributed by atoms with Gasteiger partial charge in [0.05, 0.1) is 5.69 Å². The van der Waals surface area contributed by atoms with Crippen LogP contribution in [0, 0.1) is 35.5 Å². The summed E-state index contributed by atoms with van der Waals surface area (Å²) < 4.78 is 5.55. The lowest BCUT2D eigenvalue weighted by atomic mass is 9.47. The van der Waals surface area contributed by atoms with E-state index in [-0.39, 0.29) is 5.41 Å². The summed E-state index contributed by atoms with van der Waals surface area (Å²) in [7, 11) is 0. The maximum atomic E-state index is 12.0. The van der Waals surface area contributed by atoms with Crippen LogP contribution in [0.3, 0.4) is 0 Å². The molecule has 3 fully saturated rings. The van der Waals surface area contributed by atoms with Gasteiger partial charge in [0.25, 0.3) is 0 Å². The first-order valence-electron chi connectivity index (χ1n) is 10.6. The van der Waals surface area contributed by atoms with Crippen LogP contribution in [-0.4, -0.2) is 10.8 Å². The van der Waals surface area contributed by atoms with E-state index in [4.69, 9.17) is 9.40 Å². The van der Waals surface area contributed by atoms with E-state index in [1.165, 1.54) is 43.4 Å². The number of carbonyl (C=O) groups excluding carboxylic acids is 1. The first-order chi connectivity index (χ1) is 12.4. The van der Waals surface area contributed by atoms with Crippen LogP contribution < -0.4 is 0 Å². The SMILES string of the molecule is Cc1nc(C2CCC3C4CCC5=CC(=O)CCC5(C)C4CCC23C)co1. The summed E-state index contributed by atoms with van der Waals surface area (Å²) in [5.41, 5.74) is 3.31. The van der Waals surface area contributed by atoms with Gasteiger partial charge in [-0.1, -0.05) is 19.4 Å². The van der Waals surface area contributed by atoms with Crippen molar-refractivity contribution >= 4 is 5.78 Å². The van der Waals surface area contributed by atoms with Crippen molar-refractivity contribution in [2.75, 3.05) is 0 Å². The van der Waals surface area contributed by atoms with Gasteiger partial charge in [-0.05, 0) is 79.6 Å². The van der Waals surface area contributed by atoms with Gasteiger partial charge >= 0.3 is 0 Å². The number of hydrogen-bond donors (Lipinski definition) is 0. The van der Waals surface area contributed by atoms with Crippen LogP contribution in [0.1, 0.15) is 82.7 Å². The number of carbonyl (C=O) groups is 1. The number of nitrogens with zero attached hydrogens (tertiary/aromatic N) is 1. The minimum atomic E-state index is 0.278. The van der Waals surface area contributed by atoms with Crippen LogP contribution in [0.5, 0.6) is 0 Å². The summed E-state index contributed by atoms with van der Waals surface area (Å²) >= 11 is 0. The monoisotopic (exact) mass is 353 g/mol. The van der Waals surface area contributed by atoms with E-state index >= 15 is 0 Å². The number of aromatic nitrogens is 1. The van der Waals surface area contributed by atoms with Gasteiger partial charge in [0.1, 0.15) is 6.26 Å². The Morgan fingerprint density at radius 1 is 1.08 bits per heavy atom. The van der Waals surface area contributed by atoms with Crippen LogP contribution in [-0.2, 0) is 4.79 Å². The molecule has 0 aliphatic heterocycles. The Kier molecular flexibility index (Phi) is 3.59. The van der Waals surface area contributed by atoms with Crippen molar-refractivity contribution in [1.29, 1.82) is 0 Å². The first-order valence-corrected chi connectivity index (χ1v) is 10.6. The molecule has 6 unspecified atom stereocenters. The molecule has 1 heterocycles. The number of hydrogen-bond acceptors (Lipinski definition) is 3. The predicted octanol–water partition coefficient (Wildman–Crippen LogP) is 5.60. The predicted molar refractivity (Wildman–Crippen MR) is 101 cm³/mol. The Hall–Kier alpha value is -1.38. The Bertz CT molecular complexity index is 777. The molecule has 0 amide bonds. The number of rotatable bonds is 1. The molecule has 4 aliphatic rings. The van der Waals surface area contributed by atoms with Crippen molar-refractivity contribution in [2.24, 2.45) is 28.6 Å². The van der Waals surface area contributed by atoms with Gasteiger partial charge in [0.15, 0.2) is 11.7 Å². The second kappa shape index (κ2) is 5.56. The van der Waals surface area contributed by atoms with Crippen LogP contribution in [0.2, 0.25) is 0 Å². The highest BCUT2D eigenvalue weighted by atomic mass is 16.3. The van der Waals surface area contributed by atoms with Gasteiger partial charge in [-0.25, -0.2) is 4.98 Å². The zero-order valence-corrected chi connectivity index (χ0v) is 16.4. The average molecular weight is 354 g/mol. The van der Waals surface area contributed by atoms with Gasteiger partial charge in [0, 0.05) is 19.3 Å². The first kappa shape index (κ1) is 16.8. The van der Waals surface area contributed by atoms with E-state index in [2.05, 4.69) is 13.8 Å². The lowest BCUT2D eigenvalue weighted by Crippen LogP contribution is -2.50. The van der Waals surface area contributed by atoms with Gasteiger partial charge < -0.3 is 4.42 Å². The summed E-state index contributed by atoms with van der Waals surface area (Å²) in [5, 5.41) is 0. The Morgan fingerprint density at radius 2 is 1.92 bits per heavy atom. The van der Waals surface area contributed by atoms with Crippen LogP contribution >= 0.6 is 0 Å². The fraction of sp³-hybridized carbons (Fsp3) is 0.739. The minimum absolute atomic E-state index is 0.278. The van der Waals surface area contributed by atoms with Crippen molar-refractivity contribution in [2.45, 2.75) is 78.1 Å². The van der Waals surface area contributed by atoms with Crippen LogP contribution in [0.25, 0.3) is 0 Å². The van der Waals surface area contributed by atoms with Crippen LogP contribution in [0.4, 0.5) is 0 Å². The molecule has 3 heteroatoms. The zero-order valence-electron chi connectivity index (χ0n) is 16.4.